The molecule has 3 nitrogen and oxygen atoms in total. The van der Waals surface area contributed by atoms with Crippen molar-refractivity contribution in [3.05, 3.63) is 0 Å². The van der Waals surface area contributed by atoms with Crippen LogP contribution in [0.2, 0.25) is 0 Å². The van der Waals surface area contributed by atoms with Crippen molar-refractivity contribution in [3.63, 3.8) is 0 Å². The number of likely N-dealkylation sites (tertiary alicyclic amines) is 1. The smallest absolute Gasteiger partial charge is 0.320 e. The van der Waals surface area contributed by atoms with Gasteiger partial charge >= 0.3 is 5.97 Å². The van der Waals surface area contributed by atoms with E-state index in [4.69, 9.17) is 5.11 Å². The van der Waals surface area contributed by atoms with E-state index in [1.807, 2.05) is 0 Å². The van der Waals surface area contributed by atoms with Gasteiger partial charge in [0.05, 0.1) is 0 Å². The summed E-state index contributed by atoms with van der Waals surface area (Å²) in [6.45, 7) is 4.05. The average Bonchev–Trinajstić information content (AvgIpc) is 2.57. The zero-order valence-corrected chi connectivity index (χ0v) is 8.33. The van der Waals surface area contributed by atoms with E-state index in [2.05, 4.69) is 11.8 Å². The Labute approximate surface area is 79.7 Å². The summed E-state index contributed by atoms with van der Waals surface area (Å²) in [6.07, 6.45) is 5.24. The van der Waals surface area contributed by atoms with Crippen LogP contribution in [-0.2, 0) is 4.79 Å². The molecule has 0 aromatic rings. The summed E-state index contributed by atoms with van der Waals surface area (Å²) >= 11 is 0. The van der Waals surface area contributed by atoms with E-state index >= 15 is 0 Å². The fourth-order valence-corrected chi connectivity index (χ4v) is 1.91. The standard InChI is InChI=1S/C10H19NO2/c1-2-3-6-9(10(12)13)11-7-4-5-8-11/h9H,2-8H2,1H3,(H,12,13). The third-order valence-corrected chi connectivity index (χ3v) is 2.70. The highest BCUT2D eigenvalue weighted by Crippen LogP contribution is 2.16. The molecule has 0 aliphatic carbocycles. The van der Waals surface area contributed by atoms with Crippen molar-refractivity contribution in [2.24, 2.45) is 0 Å². The molecule has 13 heavy (non-hydrogen) atoms. The summed E-state index contributed by atoms with van der Waals surface area (Å²) in [5.41, 5.74) is 0. The van der Waals surface area contributed by atoms with Crippen LogP contribution < -0.4 is 0 Å². The lowest BCUT2D eigenvalue weighted by atomic mass is 10.1. The van der Waals surface area contributed by atoms with E-state index in [0.29, 0.717) is 0 Å². The van der Waals surface area contributed by atoms with Gasteiger partial charge in [0.15, 0.2) is 0 Å². The van der Waals surface area contributed by atoms with Crippen molar-refractivity contribution < 1.29 is 9.90 Å². The highest BCUT2D eigenvalue weighted by Gasteiger charge is 2.26. The Balaban J connectivity index is 2.40. The normalized spacial score (nSPS) is 20.4. The van der Waals surface area contributed by atoms with E-state index in [0.717, 1.165) is 45.2 Å². The Morgan fingerprint density at radius 3 is 2.54 bits per heavy atom. The van der Waals surface area contributed by atoms with Gasteiger partial charge in [-0.2, -0.15) is 0 Å². The quantitative estimate of drug-likeness (QED) is 0.709. The van der Waals surface area contributed by atoms with Crippen molar-refractivity contribution in [2.45, 2.75) is 45.1 Å². The van der Waals surface area contributed by atoms with Gasteiger partial charge in [-0.25, -0.2) is 0 Å². The number of hydrogen-bond acceptors (Lipinski definition) is 2. The second kappa shape index (κ2) is 5.22. The average molecular weight is 185 g/mol. The van der Waals surface area contributed by atoms with E-state index in [1.54, 1.807) is 0 Å². The number of nitrogens with zero attached hydrogens (tertiary/aromatic N) is 1. The van der Waals surface area contributed by atoms with Crippen molar-refractivity contribution in [2.75, 3.05) is 13.1 Å². The molecule has 1 saturated heterocycles. The molecule has 0 radical (unpaired) electrons. The Morgan fingerprint density at radius 2 is 2.08 bits per heavy atom. The van der Waals surface area contributed by atoms with Gasteiger partial charge in [-0.05, 0) is 32.4 Å². The van der Waals surface area contributed by atoms with Crippen LogP contribution in [0.25, 0.3) is 0 Å². The molecule has 1 aliphatic heterocycles. The molecule has 1 unspecified atom stereocenters. The van der Waals surface area contributed by atoms with Crippen molar-refractivity contribution in [1.82, 2.24) is 4.90 Å². The predicted octanol–water partition coefficient (Wildman–Crippen LogP) is 1.73. The molecule has 1 atom stereocenters. The van der Waals surface area contributed by atoms with E-state index in [9.17, 15) is 4.79 Å². The van der Waals surface area contributed by atoms with E-state index < -0.39 is 5.97 Å². The first-order valence-corrected chi connectivity index (χ1v) is 5.22. The Kier molecular flexibility index (Phi) is 4.22. The zero-order chi connectivity index (χ0) is 9.68. The lowest BCUT2D eigenvalue weighted by molar-refractivity contribution is -0.143. The van der Waals surface area contributed by atoms with Gasteiger partial charge in [-0.1, -0.05) is 19.8 Å². The third-order valence-electron chi connectivity index (χ3n) is 2.70. The van der Waals surface area contributed by atoms with Gasteiger partial charge < -0.3 is 5.11 Å². The zero-order valence-electron chi connectivity index (χ0n) is 8.33. The first-order chi connectivity index (χ1) is 6.25. The monoisotopic (exact) mass is 185 g/mol. The molecule has 1 N–H and O–H groups in total. The number of carboxylic acids is 1. The Hall–Kier alpha value is -0.570. The van der Waals surface area contributed by atoms with Crippen molar-refractivity contribution in [1.29, 1.82) is 0 Å². The number of rotatable bonds is 5. The minimum Gasteiger partial charge on any atom is -0.480 e. The predicted molar refractivity (Wildman–Crippen MR) is 51.8 cm³/mol. The topological polar surface area (TPSA) is 40.5 Å². The summed E-state index contributed by atoms with van der Waals surface area (Å²) in [4.78, 5) is 13.1. The fourth-order valence-electron chi connectivity index (χ4n) is 1.91. The molecule has 1 heterocycles. The SMILES string of the molecule is CCCCC(C(=O)O)N1CCCC1. The molecule has 1 aliphatic rings. The molecule has 0 amide bonds. The first kappa shape index (κ1) is 10.5. The Morgan fingerprint density at radius 1 is 1.46 bits per heavy atom. The number of carbonyl (C=O) groups is 1. The van der Waals surface area contributed by atoms with Gasteiger partial charge in [-0.3, -0.25) is 9.69 Å². The molecule has 76 valence electrons. The number of unbranched alkanes of at least 4 members (excludes halogenated alkanes) is 1. The minimum atomic E-state index is -0.643. The van der Waals surface area contributed by atoms with Crippen LogP contribution in [0, 0.1) is 0 Å². The molecule has 0 saturated carbocycles. The van der Waals surface area contributed by atoms with Crippen LogP contribution in [0.15, 0.2) is 0 Å². The summed E-state index contributed by atoms with van der Waals surface area (Å²) in [6, 6.07) is -0.220. The fraction of sp³-hybridized carbons (Fsp3) is 0.900. The van der Waals surface area contributed by atoms with Crippen molar-refractivity contribution >= 4 is 5.97 Å². The second-order valence-electron chi connectivity index (χ2n) is 3.74. The molecular weight excluding hydrogens is 166 g/mol. The third kappa shape index (κ3) is 2.99. The molecule has 0 aromatic heterocycles. The molecule has 3 heteroatoms. The number of aliphatic carboxylic acids is 1. The highest BCUT2D eigenvalue weighted by atomic mass is 16.4. The first-order valence-electron chi connectivity index (χ1n) is 5.22. The van der Waals surface area contributed by atoms with Crippen molar-refractivity contribution in [3.8, 4) is 0 Å². The lowest BCUT2D eigenvalue weighted by Crippen LogP contribution is -2.39. The second-order valence-corrected chi connectivity index (χ2v) is 3.74. The van der Waals surface area contributed by atoms with Gasteiger partial charge in [0, 0.05) is 0 Å². The van der Waals surface area contributed by atoms with E-state index in [1.165, 1.54) is 0 Å². The van der Waals surface area contributed by atoms with Crippen LogP contribution in [0.3, 0.4) is 0 Å². The number of carboxylic acid groups (broad SMARTS) is 1. The maximum Gasteiger partial charge on any atom is 0.320 e. The molecule has 0 bridgehead atoms. The molecule has 0 aromatic carbocycles. The Bertz CT molecular complexity index is 164. The largest absolute Gasteiger partial charge is 0.480 e. The van der Waals surface area contributed by atoms with Gasteiger partial charge in [-0.15, -0.1) is 0 Å². The lowest BCUT2D eigenvalue weighted by Gasteiger charge is -2.23. The maximum absolute atomic E-state index is 11.0. The summed E-state index contributed by atoms with van der Waals surface area (Å²) in [5, 5.41) is 9.02. The molecular formula is C10H19NO2. The van der Waals surface area contributed by atoms with Crippen LogP contribution in [0.4, 0.5) is 0 Å². The maximum atomic E-state index is 11.0. The van der Waals surface area contributed by atoms with Crippen LogP contribution in [0.1, 0.15) is 39.0 Å². The van der Waals surface area contributed by atoms with Crippen LogP contribution in [0.5, 0.6) is 0 Å². The van der Waals surface area contributed by atoms with Crippen LogP contribution >= 0.6 is 0 Å². The molecule has 1 fully saturated rings. The van der Waals surface area contributed by atoms with E-state index in [-0.39, 0.29) is 6.04 Å². The minimum absolute atomic E-state index is 0.220. The van der Waals surface area contributed by atoms with Gasteiger partial charge in [0.25, 0.3) is 0 Å². The summed E-state index contributed by atoms with van der Waals surface area (Å²) in [5.74, 6) is -0.643. The number of hydrogen-bond donors (Lipinski definition) is 1. The van der Waals surface area contributed by atoms with Gasteiger partial charge in [0.2, 0.25) is 0 Å². The summed E-state index contributed by atoms with van der Waals surface area (Å²) in [7, 11) is 0. The highest BCUT2D eigenvalue weighted by molar-refractivity contribution is 5.73. The van der Waals surface area contributed by atoms with Gasteiger partial charge in [0.1, 0.15) is 6.04 Å². The summed E-state index contributed by atoms with van der Waals surface area (Å²) < 4.78 is 0. The molecule has 1 rings (SSSR count). The van der Waals surface area contributed by atoms with Crippen LogP contribution in [-0.4, -0.2) is 35.1 Å². The molecule has 0 spiro atoms.